The van der Waals surface area contributed by atoms with Gasteiger partial charge in [-0.3, -0.25) is 4.79 Å². The lowest BCUT2D eigenvalue weighted by Crippen LogP contribution is -2.40. The van der Waals surface area contributed by atoms with E-state index in [-0.39, 0.29) is 5.91 Å². The van der Waals surface area contributed by atoms with Crippen LogP contribution in [-0.4, -0.2) is 36.5 Å². The Labute approximate surface area is 109 Å². The Hall–Kier alpha value is -1.35. The van der Waals surface area contributed by atoms with Crippen molar-refractivity contribution in [3.63, 3.8) is 0 Å². The van der Waals surface area contributed by atoms with Crippen molar-refractivity contribution >= 4 is 5.91 Å². The standard InChI is InChI=1S/C15H22N2O/c1-13-6-5-11-17(13)15(18)12-16-10-9-14-7-3-2-4-8-14/h2-4,7-8,13,16H,5-6,9-12H2,1H3. The lowest BCUT2D eigenvalue weighted by molar-refractivity contribution is -0.130. The average Bonchev–Trinajstić information content (AvgIpc) is 2.82. The molecule has 0 spiro atoms. The molecule has 0 saturated carbocycles. The van der Waals surface area contributed by atoms with Crippen LogP contribution in [0.3, 0.4) is 0 Å². The van der Waals surface area contributed by atoms with Gasteiger partial charge in [0, 0.05) is 12.6 Å². The van der Waals surface area contributed by atoms with Crippen LogP contribution in [0.2, 0.25) is 0 Å². The molecule has 1 amide bonds. The first-order valence-corrected chi connectivity index (χ1v) is 6.81. The third kappa shape index (κ3) is 3.57. The van der Waals surface area contributed by atoms with E-state index in [9.17, 15) is 4.79 Å². The van der Waals surface area contributed by atoms with Crippen LogP contribution in [0, 0.1) is 0 Å². The summed E-state index contributed by atoms with van der Waals surface area (Å²) in [6.45, 7) is 4.39. The van der Waals surface area contributed by atoms with Gasteiger partial charge in [-0.25, -0.2) is 0 Å². The highest BCUT2D eigenvalue weighted by atomic mass is 16.2. The molecule has 0 radical (unpaired) electrons. The average molecular weight is 246 g/mol. The third-order valence-electron chi connectivity index (χ3n) is 3.58. The van der Waals surface area contributed by atoms with Crippen LogP contribution in [0.4, 0.5) is 0 Å². The lowest BCUT2D eigenvalue weighted by Gasteiger charge is -2.21. The van der Waals surface area contributed by atoms with Crippen molar-refractivity contribution in [2.24, 2.45) is 0 Å². The highest BCUT2D eigenvalue weighted by molar-refractivity contribution is 5.78. The summed E-state index contributed by atoms with van der Waals surface area (Å²) in [5.41, 5.74) is 1.31. The van der Waals surface area contributed by atoms with Crippen LogP contribution in [0.5, 0.6) is 0 Å². The number of nitrogens with zero attached hydrogens (tertiary/aromatic N) is 1. The molecule has 0 aliphatic carbocycles. The molecule has 1 atom stereocenters. The molecule has 2 rings (SSSR count). The molecule has 98 valence electrons. The minimum atomic E-state index is 0.244. The largest absolute Gasteiger partial charge is 0.339 e. The highest BCUT2D eigenvalue weighted by Crippen LogP contribution is 2.15. The zero-order valence-corrected chi connectivity index (χ0v) is 11.1. The van der Waals surface area contributed by atoms with Crippen molar-refractivity contribution in [1.29, 1.82) is 0 Å². The van der Waals surface area contributed by atoms with E-state index in [1.165, 1.54) is 5.56 Å². The van der Waals surface area contributed by atoms with E-state index in [2.05, 4.69) is 24.4 Å². The van der Waals surface area contributed by atoms with Crippen molar-refractivity contribution in [2.75, 3.05) is 19.6 Å². The number of carbonyl (C=O) groups excluding carboxylic acids is 1. The molecule has 1 aromatic carbocycles. The van der Waals surface area contributed by atoms with Gasteiger partial charge in [-0.2, -0.15) is 0 Å². The molecule has 1 aliphatic heterocycles. The highest BCUT2D eigenvalue weighted by Gasteiger charge is 2.24. The predicted octanol–water partition coefficient (Wildman–Crippen LogP) is 1.83. The van der Waals surface area contributed by atoms with Crippen LogP contribution >= 0.6 is 0 Å². The maximum atomic E-state index is 11.9. The van der Waals surface area contributed by atoms with Crippen molar-refractivity contribution in [3.8, 4) is 0 Å². The van der Waals surface area contributed by atoms with Crippen LogP contribution in [0.15, 0.2) is 30.3 Å². The van der Waals surface area contributed by atoms with E-state index in [0.29, 0.717) is 12.6 Å². The number of carbonyl (C=O) groups is 1. The quantitative estimate of drug-likeness (QED) is 0.804. The van der Waals surface area contributed by atoms with Gasteiger partial charge in [0.05, 0.1) is 6.54 Å². The van der Waals surface area contributed by atoms with E-state index < -0.39 is 0 Å². The number of rotatable bonds is 5. The Morgan fingerprint density at radius 2 is 2.17 bits per heavy atom. The van der Waals surface area contributed by atoms with Gasteiger partial charge in [0.1, 0.15) is 0 Å². The first kappa shape index (κ1) is 13.1. The number of nitrogens with one attached hydrogen (secondary N) is 1. The molecule has 1 heterocycles. The van der Waals surface area contributed by atoms with E-state index in [4.69, 9.17) is 0 Å². The number of benzene rings is 1. The lowest BCUT2D eigenvalue weighted by atomic mass is 10.1. The molecule has 0 bridgehead atoms. The van der Waals surface area contributed by atoms with Gasteiger partial charge in [0.2, 0.25) is 5.91 Å². The Kier molecular flexibility index (Phi) is 4.76. The van der Waals surface area contributed by atoms with Crippen molar-refractivity contribution in [1.82, 2.24) is 10.2 Å². The zero-order chi connectivity index (χ0) is 12.8. The van der Waals surface area contributed by atoms with Crippen LogP contribution in [0.25, 0.3) is 0 Å². The topological polar surface area (TPSA) is 32.3 Å². The van der Waals surface area contributed by atoms with Crippen LogP contribution in [0.1, 0.15) is 25.3 Å². The number of likely N-dealkylation sites (tertiary alicyclic amines) is 1. The summed E-state index contributed by atoms with van der Waals surface area (Å²) in [7, 11) is 0. The second-order valence-corrected chi connectivity index (χ2v) is 4.99. The monoisotopic (exact) mass is 246 g/mol. The minimum absolute atomic E-state index is 0.244. The van der Waals surface area contributed by atoms with E-state index in [1.807, 2.05) is 23.1 Å². The fourth-order valence-electron chi connectivity index (χ4n) is 2.48. The second-order valence-electron chi connectivity index (χ2n) is 4.99. The van der Waals surface area contributed by atoms with Crippen molar-refractivity contribution in [2.45, 2.75) is 32.2 Å². The fraction of sp³-hybridized carbons (Fsp3) is 0.533. The summed E-state index contributed by atoms with van der Waals surface area (Å²) < 4.78 is 0. The third-order valence-corrected chi connectivity index (χ3v) is 3.58. The molecule has 1 aliphatic rings. The van der Waals surface area contributed by atoms with E-state index in [1.54, 1.807) is 0 Å². The van der Waals surface area contributed by atoms with Crippen molar-refractivity contribution in [3.05, 3.63) is 35.9 Å². The summed E-state index contributed by atoms with van der Waals surface area (Å²) in [6.07, 6.45) is 3.27. The van der Waals surface area contributed by atoms with Gasteiger partial charge in [0.15, 0.2) is 0 Å². The first-order chi connectivity index (χ1) is 8.77. The second kappa shape index (κ2) is 6.55. The molecule has 1 aromatic rings. The van der Waals surface area contributed by atoms with Gasteiger partial charge < -0.3 is 10.2 Å². The molecule has 1 fully saturated rings. The Balaban J connectivity index is 1.65. The zero-order valence-electron chi connectivity index (χ0n) is 11.1. The maximum absolute atomic E-state index is 11.9. The van der Waals surface area contributed by atoms with Gasteiger partial charge in [0.25, 0.3) is 0 Å². The summed E-state index contributed by atoms with van der Waals surface area (Å²) >= 11 is 0. The molecule has 1 unspecified atom stereocenters. The molecule has 3 heteroatoms. The molecule has 3 nitrogen and oxygen atoms in total. The molecule has 18 heavy (non-hydrogen) atoms. The van der Waals surface area contributed by atoms with E-state index in [0.717, 1.165) is 32.4 Å². The summed E-state index contributed by atoms with van der Waals surface area (Å²) in [5, 5.41) is 3.24. The Morgan fingerprint density at radius 3 is 2.83 bits per heavy atom. The van der Waals surface area contributed by atoms with E-state index >= 15 is 0 Å². The normalized spacial score (nSPS) is 19.2. The number of hydrogen-bond donors (Lipinski definition) is 1. The summed E-state index contributed by atoms with van der Waals surface area (Å²) in [4.78, 5) is 13.9. The molecule has 0 aromatic heterocycles. The van der Waals surface area contributed by atoms with Crippen LogP contribution in [-0.2, 0) is 11.2 Å². The predicted molar refractivity (Wildman–Crippen MR) is 73.4 cm³/mol. The number of hydrogen-bond acceptors (Lipinski definition) is 2. The molecular weight excluding hydrogens is 224 g/mol. The van der Waals surface area contributed by atoms with Gasteiger partial charge in [-0.05, 0) is 38.3 Å². The Morgan fingerprint density at radius 1 is 1.39 bits per heavy atom. The van der Waals surface area contributed by atoms with Gasteiger partial charge >= 0.3 is 0 Å². The molecule has 1 N–H and O–H groups in total. The van der Waals surface area contributed by atoms with Gasteiger partial charge in [-0.1, -0.05) is 30.3 Å². The summed E-state index contributed by atoms with van der Waals surface area (Å²) in [5.74, 6) is 0.244. The Bertz CT molecular complexity index is 377. The van der Waals surface area contributed by atoms with Gasteiger partial charge in [-0.15, -0.1) is 0 Å². The SMILES string of the molecule is CC1CCCN1C(=O)CNCCc1ccccc1. The molecular formula is C15H22N2O. The first-order valence-electron chi connectivity index (χ1n) is 6.81. The maximum Gasteiger partial charge on any atom is 0.236 e. The van der Waals surface area contributed by atoms with Crippen molar-refractivity contribution < 1.29 is 4.79 Å². The fourth-order valence-corrected chi connectivity index (χ4v) is 2.48. The smallest absolute Gasteiger partial charge is 0.236 e. The summed E-state index contributed by atoms with van der Waals surface area (Å²) in [6, 6.07) is 10.8. The minimum Gasteiger partial charge on any atom is -0.339 e. The van der Waals surface area contributed by atoms with Crippen LogP contribution < -0.4 is 5.32 Å². The molecule has 1 saturated heterocycles. The number of amides is 1.